The summed E-state index contributed by atoms with van der Waals surface area (Å²) in [5, 5.41) is 15.9. The molecule has 0 atom stereocenters. The first kappa shape index (κ1) is 22.4. The van der Waals surface area contributed by atoms with Crippen LogP contribution in [-0.2, 0) is 17.9 Å². The lowest BCUT2D eigenvalue weighted by Gasteiger charge is -2.32. The Bertz CT molecular complexity index is 1030. The van der Waals surface area contributed by atoms with E-state index < -0.39 is 0 Å². The lowest BCUT2D eigenvalue weighted by molar-refractivity contribution is -0.121. The molecule has 0 spiro atoms. The van der Waals surface area contributed by atoms with Crippen molar-refractivity contribution in [3.05, 3.63) is 47.9 Å². The monoisotopic (exact) mass is 439 g/mol. The molecule has 1 aromatic carbocycles. The van der Waals surface area contributed by atoms with Crippen molar-refractivity contribution in [1.29, 1.82) is 0 Å². The molecule has 32 heavy (non-hydrogen) atoms. The number of fused-ring (bicyclic) bond motifs is 1. The van der Waals surface area contributed by atoms with Crippen molar-refractivity contribution in [3.8, 4) is 0 Å². The highest BCUT2D eigenvalue weighted by molar-refractivity contribution is 5.78. The molecule has 4 rings (SSSR count). The minimum atomic E-state index is -0.104. The van der Waals surface area contributed by atoms with Crippen LogP contribution >= 0.6 is 0 Å². The molecule has 0 radical (unpaired) electrons. The number of hydrogen-bond acceptors (Lipinski definition) is 6. The molecule has 1 aliphatic rings. The topological polar surface area (TPSA) is 95.6 Å². The first-order valence-electron chi connectivity index (χ1n) is 11.4. The standard InChI is InChI=1S/C24H33N5O3/c1-17(2)25-23(31)11-14-28-12-9-18(10-13-28)26-24-27-21-5-3-4-6-22(21)29(24)15-19-7-8-20(16-30)32-19/h3-8,17-18,30H,9-16H2,1-2H3,(H,25,31)(H,26,27). The Balaban J connectivity index is 1.38. The Kier molecular flexibility index (Phi) is 7.12. The molecule has 0 bridgehead atoms. The summed E-state index contributed by atoms with van der Waals surface area (Å²) in [5.74, 6) is 2.31. The predicted molar refractivity (Wildman–Crippen MR) is 124 cm³/mol. The Morgan fingerprint density at radius 1 is 1.19 bits per heavy atom. The zero-order chi connectivity index (χ0) is 22.5. The molecular formula is C24H33N5O3. The lowest BCUT2D eigenvalue weighted by Crippen LogP contribution is -2.41. The largest absolute Gasteiger partial charge is 0.462 e. The Hall–Kier alpha value is -2.84. The van der Waals surface area contributed by atoms with Crippen molar-refractivity contribution < 1.29 is 14.3 Å². The Labute approximate surface area is 188 Å². The Morgan fingerprint density at radius 2 is 1.94 bits per heavy atom. The van der Waals surface area contributed by atoms with E-state index in [1.165, 1.54) is 0 Å². The average molecular weight is 440 g/mol. The van der Waals surface area contributed by atoms with Gasteiger partial charge in [0.2, 0.25) is 11.9 Å². The molecule has 0 aliphatic carbocycles. The number of nitrogens with zero attached hydrogens (tertiary/aromatic N) is 3. The van der Waals surface area contributed by atoms with Crippen LogP contribution in [0.2, 0.25) is 0 Å². The number of aromatic nitrogens is 2. The number of para-hydroxylation sites is 2. The van der Waals surface area contributed by atoms with Crippen molar-refractivity contribution in [2.45, 2.75) is 58.3 Å². The number of carbonyl (C=O) groups is 1. The fourth-order valence-corrected chi connectivity index (χ4v) is 4.23. The summed E-state index contributed by atoms with van der Waals surface area (Å²) in [4.78, 5) is 19.1. The molecule has 1 amide bonds. The van der Waals surface area contributed by atoms with Gasteiger partial charge in [-0.15, -0.1) is 0 Å². The van der Waals surface area contributed by atoms with Gasteiger partial charge in [-0.1, -0.05) is 12.1 Å². The Morgan fingerprint density at radius 3 is 2.66 bits per heavy atom. The van der Waals surface area contributed by atoms with E-state index in [1.807, 2.05) is 38.1 Å². The minimum absolute atomic E-state index is 0.104. The van der Waals surface area contributed by atoms with Crippen LogP contribution in [0.4, 0.5) is 5.95 Å². The van der Waals surface area contributed by atoms with Gasteiger partial charge in [-0.3, -0.25) is 4.79 Å². The van der Waals surface area contributed by atoms with Crippen LogP contribution in [0.1, 0.15) is 44.6 Å². The van der Waals surface area contributed by atoms with Crippen molar-refractivity contribution in [1.82, 2.24) is 19.8 Å². The highest BCUT2D eigenvalue weighted by Crippen LogP contribution is 2.24. The summed E-state index contributed by atoms with van der Waals surface area (Å²) in [5.41, 5.74) is 1.99. The summed E-state index contributed by atoms with van der Waals surface area (Å²) >= 11 is 0. The second-order valence-corrected chi connectivity index (χ2v) is 8.77. The van der Waals surface area contributed by atoms with Crippen molar-refractivity contribution in [2.24, 2.45) is 0 Å². The highest BCUT2D eigenvalue weighted by atomic mass is 16.4. The summed E-state index contributed by atoms with van der Waals surface area (Å²) in [6.45, 7) is 7.14. The van der Waals surface area contributed by atoms with Crippen molar-refractivity contribution in [3.63, 3.8) is 0 Å². The zero-order valence-electron chi connectivity index (χ0n) is 18.9. The normalized spacial score (nSPS) is 15.5. The highest BCUT2D eigenvalue weighted by Gasteiger charge is 2.22. The fraction of sp³-hybridized carbons (Fsp3) is 0.500. The molecule has 3 aromatic rings. The van der Waals surface area contributed by atoms with Crippen LogP contribution in [-0.4, -0.2) is 57.2 Å². The quantitative estimate of drug-likeness (QED) is 0.474. The third kappa shape index (κ3) is 5.49. The van der Waals surface area contributed by atoms with Gasteiger partial charge in [-0.2, -0.15) is 0 Å². The second kappa shape index (κ2) is 10.2. The number of likely N-dealkylation sites (tertiary alicyclic amines) is 1. The van der Waals surface area contributed by atoms with E-state index in [-0.39, 0.29) is 18.6 Å². The number of hydrogen-bond donors (Lipinski definition) is 3. The molecule has 2 aromatic heterocycles. The van der Waals surface area contributed by atoms with Crippen LogP contribution in [0, 0.1) is 0 Å². The molecule has 8 heteroatoms. The van der Waals surface area contributed by atoms with E-state index in [1.54, 1.807) is 6.07 Å². The number of carbonyl (C=O) groups excluding carboxylic acids is 1. The maximum Gasteiger partial charge on any atom is 0.221 e. The van der Waals surface area contributed by atoms with Crippen LogP contribution in [0.15, 0.2) is 40.8 Å². The van der Waals surface area contributed by atoms with Crippen LogP contribution in [0.25, 0.3) is 11.0 Å². The first-order chi connectivity index (χ1) is 15.5. The molecule has 172 valence electrons. The van der Waals surface area contributed by atoms with Crippen molar-refractivity contribution >= 4 is 22.9 Å². The first-order valence-corrected chi connectivity index (χ1v) is 11.4. The van der Waals surface area contributed by atoms with Gasteiger partial charge in [0.1, 0.15) is 18.1 Å². The van der Waals surface area contributed by atoms with E-state index in [0.29, 0.717) is 24.8 Å². The number of aliphatic hydroxyl groups is 1. The molecule has 8 nitrogen and oxygen atoms in total. The van der Waals surface area contributed by atoms with E-state index in [9.17, 15) is 9.90 Å². The number of nitrogens with one attached hydrogen (secondary N) is 2. The summed E-state index contributed by atoms with van der Waals surface area (Å²) in [6, 6.07) is 12.3. The number of aliphatic hydroxyl groups excluding tert-OH is 1. The molecule has 1 aliphatic heterocycles. The van der Waals surface area contributed by atoms with Gasteiger partial charge in [0.25, 0.3) is 0 Å². The molecule has 3 heterocycles. The summed E-state index contributed by atoms with van der Waals surface area (Å²) < 4.78 is 7.86. The number of amides is 1. The molecule has 0 unspecified atom stereocenters. The molecule has 0 saturated carbocycles. The maximum absolute atomic E-state index is 11.9. The van der Waals surface area contributed by atoms with Gasteiger partial charge < -0.3 is 29.6 Å². The SMILES string of the molecule is CC(C)NC(=O)CCN1CCC(Nc2nc3ccccc3n2Cc2ccc(CO)o2)CC1. The van der Waals surface area contributed by atoms with Gasteiger partial charge in [0, 0.05) is 38.1 Å². The van der Waals surface area contributed by atoms with Crippen LogP contribution in [0.3, 0.4) is 0 Å². The summed E-state index contributed by atoms with van der Waals surface area (Å²) in [6.07, 6.45) is 2.56. The average Bonchev–Trinajstić information content (AvgIpc) is 3.38. The number of piperidine rings is 1. The molecule has 1 saturated heterocycles. The van der Waals surface area contributed by atoms with E-state index in [0.717, 1.165) is 55.2 Å². The summed E-state index contributed by atoms with van der Waals surface area (Å²) in [7, 11) is 0. The third-order valence-corrected chi connectivity index (χ3v) is 5.87. The van der Waals surface area contributed by atoms with Crippen molar-refractivity contribution in [2.75, 3.05) is 25.0 Å². The maximum atomic E-state index is 11.9. The second-order valence-electron chi connectivity index (χ2n) is 8.77. The smallest absolute Gasteiger partial charge is 0.221 e. The number of anilines is 1. The minimum Gasteiger partial charge on any atom is -0.462 e. The molecule has 1 fully saturated rings. The number of furan rings is 1. The van der Waals surface area contributed by atoms with Crippen LogP contribution in [0.5, 0.6) is 0 Å². The molecular weight excluding hydrogens is 406 g/mol. The van der Waals surface area contributed by atoms with Gasteiger partial charge >= 0.3 is 0 Å². The van der Waals surface area contributed by atoms with Crippen LogP contribution < -0.4 is 10.6 Å². The van der Waals surface area contributed by atoms with Gasteiger partial charge in [0.05, 0.1) is 17.6 Å². The predicted octanol–water partition coefficient (Wildman–Crippen LogP) is 2.96. The lowest BCUT2D eigenvalue weighted by atomic mass is 10.1. The zero-order valence-corrected chi connectivity index (χ0v) is 18.9. The number of benzene rings is 1. The molecule has 3 N–H and O–H groups in total. The number of imidazole rings is 1. The van der Waals surface area contributed by atoms with Gasteiger partial charge in [-0.25, -0.2) is 4.98 Å². The number of rotatable bonds is 9. The van der Waals surface area contributed by atoms with E-state index in [2.05, 4.69) is 26.2 Å². The van der Waals surface area contributed by atoms with Gasteiger partial charge in [-0.05, 0) is 51.0 Å². The van der Waals surface area contributed by atoms with Gasteiger partial charge in [0.15, 0.2) is 0 Å². The third-order valence-electron chi connectivity index (χ3n) is 5.87. The van der Waals surface area contributed by atoms with E-state index >= 15 is 0 Å². The fourth-order valence-electron chi connectivity index (χ4n) is 4.23. The van der Waals surface area contributed by atoms with E-state index in [4.69, 9.17) is 9.40 Å².